The van der Waals surface area contributed by atoms with Crippen LogP contribution in [-0.2, 0) is 14.2 Å². The van der Waals surface area contributed by atoms with Crippen LogP contribution in [0.4, 0.5) is 19.4 Å². The van der Waals surface area contributed by atoms with Crippen molar-refractivity contribution >= 4 is 47.7 Å². The van der Waals surface area contributed by atoms with E-state index in [0.717, 1.165) is 38.6 Å². The van der Waals surface area contributed by atoms with Gasteiger partial charge in [0.05, 0.1) is 36.4 Å². The number of hydrogen-bond donors (Lipinski definition) is 0. The molecule has 9 rings (SSSR count). The third-order valence-corrected chi connectivity index (χ3v) is 21.7. The average Bonchev–Trinajstić information content (AvgIpc) is 3.93. The maximum Gasteiger partial charge on any atom is 0.411 e. The molecule has 14 nitrogen and oxygen atoms in total. The third-order valence-electron chi connectivity index (χ3n) is 15.5. The number of ketones is 1. The molecule has 4 atom stereocenters. The summed E-state index contributed by atoms with van der Waals surface area (Å²) >= 11 is 0. The lowest BCUT2D eigenvalue weighted by Crippen LogP contribution is -2.66. The highest BCUT2D eigenvalue weighted by Crippen LogP contribution is 2.44. The minimum Gasteiger partial charge on any atom is -0.468 e. The zero-order valence-corrected chi connectivity index (χ0v) is 43.0. The Kier molecular flexibility index (Phi) is 13.5. The second-order valence-electron chi connectivity index (χ2n) is 21.9. The van der Waals surface area contributed by atoms with Crippen LogP contribution in [-0.4, -0.2) is 139 Å². The molecule has 2 aromatic heterocycles. The summed E-state index contributed by atoms with van der Waals surface area (Å²) in [5.74, 6) is 3.41. The maximum atomic E-state index is 16.6. The van der Waals surface area contributed by atoms with E-state index < -0.39 is 43.1 Å². The van der Waals surface area contributed by atoms with Gasteiger partial charge < -0.3 is 33.2 Å². The van der Waals surface area contributed by atoms with Gasteiger partial charge in [-0.25, -0.2) is 18.6 Å². The summed E-state index contributed by atoms with van der Waals surface area (Å²) in [4.78, 5) is 50.8. The Balaban J connectivity index is 1.22. The topological polar surface area (TPSA) is 134 Å². The first-order chi connectivity index (χ1) is 32.8. The number of carbonyl (C=O) groups is 2. The number of hydrogen-bond acceptors (Lipinski definition) is 12. The van der Waals surface area contributed by atoms with Crippen LogP contribution in [0.2, 0.25) is 16.6 Å². The van der Waals surface area contributed by atoms with Crippen LogP contribution in [0, 0.1) is 17.3 Å². The Morgan fingerprint density at radius 3 is 2.29 bits per heavy atom. The summed E-state index contributed by atoms with van der Waals surface area (Å²) < 4.78 is 63.2. The molecule has 0 radical (unpaired) electrons. The third kappa shape index (κ3) is 9.08. The van der Waals surface area contributed by atoms with E-state index in [4.69, 9.17) is 38.6 Å². The number of amides is 1. The van der Waals surface area contributed by atoms with Crippen LogP contribution in [0.5, 0.6) is 11.8 Å². The van der Waals surface area contributed by atoms with Crippen LogP contribution in [0.1, 0.15) is 129 Å². The lowest BCUT2D eigenvalue weighted by molar-refractivity contribution is -0.0665. The Labute approximate surface area is 405 Å². The summed E-state index contributed by atoms with van der Waals surface area (Å²) in [5, 5.41) is 0.971. The van der Waals surface area contributed by atoms with E-state index >= 15 is 9.18 Å². The van der Waals surface area contributed by atoms with Gasteiger partial charge in [-0.3, -0.25) is 14.6 Å². The second kappa shape index (κ2) is 19.0. The standard InChI is InChI=1S/C52H69F2N7O7Si/c1-31(2)69(32(3)4,33(5)6)20-17-40-42(54)16-15-34-21-39(67-30-64-10)22-41(43(34)40)45(62)48-55-46-44(61(48)36-13-11-14-36)47(57-49(56-46)66-29-52-18-12-19-59(52)24-35(53)23-52)58-25-37-27-65-28-38(26-58)60(37)50(63)68-51(7,8)9/h15-16,21-22,31-33,35-38H,11-14,18-19,23-30H2,1-10H3/t35-,37?,38?,52+/m1/s1. The van der Waals surface area contributed by atoms with E-state index in [2.05, 4.69) is 62.8 Å². The number of piperazine rings is 1. The minimum absolute atomic E-state index is 0.0696. The Hall–Kier alpha value is -4.89. The van der Waals surface area contributed by atoms with Crippen molar-refractivity contribution in [3.05, 3.63) is 47.0 Å². The predicted octanol–water partition coefficient (Wildman–Crippen LogP) is 9.41. The molecule has 69 heavy (non-hydrogen) atoms. The molecule has 4 aromatic rings. The Morgan fingerprint density at radius 2 is 1.65 bits per heavy atom. The van der Waals surface area contributed by atoms with Crippen LogP contribution in [0.25, 0.3) is 21.9 Å². The van der Waals surface area contributed by atoms with Crippen molar-refractivity contribution < 1.29 is 42.1 Å². The van der Waals surface area contributed by atoms with Gasteiger partial charge in [0.2, 0.25) is 5.78 Å². The average molecular weight is 970 g/mol. The molecule has 5 fully saturated rings. The van der Waals surface area contributed by atoms with Crippen LogP contribution < -0.4 is 14.4 Å². The van der Waals surface area contributed by atoms with Crippen molar-refractivity contribution in [3.63, 3.8) is 0 Å². The molecular formula is C52H69F2N7O7Si. The number of rotatable bonds is 13. The van der Waals surface area contributed by atoms with Crippen molar-refractivity contribution in [1.82, 2.24) is 29.3 Å². The van der Waals surface area contributed by atoms with E-state index in [9.17, 15) is 9.18 Å². The maximum absolute atomic E-state index is 16.6. The molecule has 2 aromatic carbocycles. The van der Waals surface area contributed by atoms with E-state index in [1.807, 2.05) is 25.3 Å². The van der Waals surface area contributed by atoms with Crippen LogP contribution >= 0.6 is 0 Å². The highest BCUT2D eigenvalue weighted by molar-refractivity contribution is 6.90. The molecule has 4 aliphatic heterocycles. The highest BCUT2D eigenvalue weighted by Gasteiger charge is 2.50. The molecule has 1 saturated carbocycles. The summed E-state index contributed by atoms with van der Waals surface area (Å²) in [7, 11) is -0.824. The lowest BCUT2D eigenvalue weighted by Gasteiger charge is -2.49. The van der Waals surface area contributed by atoms with Gasteiger partial charge >= 0.3 is 12.1 Å². The molecule has 2 unspecified atom stereocenters. The van der Waals surface area contributed by atoms with Gasteiger partial charge in [-0.2, -0.15) is 9.97 Å². The number of nitrogens with zero attached hydrogens (tertiary/aromatic N) is 7. The van der Waals surface area contributed by atoms with Gasteiger partial charge in [0.1, 0.15) is 43.5 Å². The largest absolute Gasteiger partial charge is 0.468 e. The summed E-state index contributed by atoms with van der Waals surface area (Å²) in [6.07, 6.45) is 3.30. The minimum atomic E-state index is -2.35. The molecule has 6 heterocycles. The van der Waals surface area contributed by atoms with E-state index in [0.29, 0.717) is 83.7 Å². The van der Waals surface area contributed by atoms with Gasteiger partial charge in [-0.05, 0) is 99.6 Å². The number of halogens is 2. The lowest BCUT2D eigenvalue weighted by atomic mass is 9.91. The smallest absolute Gasteiger partial charge is 0.411 e. The number of ether oxygens (including phenoxy) is 5. The number of carbonyl (C=O) groups excluding carboxylic acids is 2. The number of morpholine rings is 1. The van der Waals surface area contributed by atoms with Gasteiger partial charge in [-0.15, -0.1) is 5.54 Å². The van der Waals surface area contributed by atoms with Gasteiger partial charge in [0.15, 0.2) is 24.1 Å². The second-order valence-corrected chi connectivity index (χ2v) is 27.5. The van der Waals surface area contributed by atoms with Crippen molar-refractivity contribution in [1.29, 1.82) is 0 Å². The summed E-state index contributed by atoms with van der Waals surface area (Å²) in [5.41, 5.74) is 4.62. The molecular weight excluding hydrogens is 901 g/mol. The SMILES string of the molecule is COCOc1cc(C(=O)c2nc3nc(OC[C@@]45CCCN4C[C@H](F)C5)nc(N4CC5COCC(C4)N5C(=O)OC(C)(C)C)c3n2C2CCC2)c2c(C#C[Si](C(C)C)(C(C)C)C(C)C)c(F)ccc2c1. The quantitative estimate of drug-likeness (QED) is 0.0547. The molecule has 17 heteroatoms. The molecule has 372 valence electrons. The zero-order chi connectivity index (χ0) is 49.2. The monoisotopic (exact) mass is 969 g/mol. The van der Waals surface area contributed by atoms with E-state index in [1.165, 1.54) is 13.2 Å². The number of alkyl halides is 1. The zero-order valence-electron chi connectivity index (χ0n) is 42.0. The van der Waals surface area contributed by atoms with Crippen molar-refractivity contribution in [2.75, 3.05) is 64.8 Å². The molecule has 0 N–H and O–H groups in total. The van der Waals surface area contributed by atoms with Crippen molar-refractivity contribution in [2.24, 2.45) is 0 Å². The molecule has 1 amide bonds. The normalized spacial score (nSPS) is 23.2. The number of aromatic nitrogens is 4. The first-order valence-corrected chi connectivity index (χ1v) is 27.2. The molecule has 4 saturated heterocycles. The highest BCUT2D eigenvalue weighted by atomic mass is 28.3. The number of anilines is 1. The molecule has 1 aliphatic carbocycles. The first-order valence-electron chi connectivity index (χ1n) is 25.0. The van der Waals surface area contributed by atoms with Crippen LogP contribution in [0.3, 0.4) is 0 Å². The number of methoxy groups -OCH3 is 1. The number of imidazole rings is 1. The fraction of sp³-hybridized carbons (Fsp3) is 0.635. The first kappa shape index (κ1) is 49.1. The van der Waals surface area contributed by atoms with Gasteiger partial charge in [-0.1, -0.05) is 53.5 Å². The predicted molar refractivity (Wildman–Crippen MR) is 263 cm³/mol. The van der Waals surface area contributed by atoms with Crippen LogP contribution in [0.15, 0.2) is 24.3 Å². The van der Waals surface area contributed by atoms with Crippen molar-refractivity contribution in [3.8, 4) is 23.2 Å². The Bertz CT molecular complexity index is 2640. The molecule has 5 aliphatic rings. The van der Waals surface area contributed by atoms with E-state index in [1.54, 1.807) is 23.1 Å². The van der Waals surface area contributed by atoms with E-state index in [-0.39, 0.29) is 60.1 Å². The Morgan fingerprint density at radius 1 is 0.942 bits per heavy atom. The number of benzene rings is 2. The number of fused-ring (bicyclic) bond motifs is 5. The van der Waals surface area contributed by atoms with Crippen molar-refractivity contribution in [2.45, 2.75) is 153 Å². The summed E-state index contributed by atoms with van der Waals surface area (Å²) in [6, 6.07) is 5.71. The van der Waals surface area contributed by atoms with Gasteiger partial charge in [0, 0.05) is 50.2 Å². The fourth-order valence-corrected chi connectivity index (χ4v) is 17.4. The van der Waals surface area contributed by atoms with Gasteiger partial charge in [0.25, 0.3) is 0 Å². The summed E-state index contributed by atoms with van der Waals surface area (Å²) in [6.45, 7) is 21.4. The molecule has 0 spiro atoms. The molecule has 2 bridgehead atoms. The fourth-order valence-electron chi connectivity index (χ4n) is 12.2.